The van der Waals surface area contributed by atoms with Crippen molar-refractivity contribution in [1.29, 1.82) is 0 Å². The van der Waals surface area contributed by atoms with E-state index in [4.69, 9.17) is 0 Å². The van der Waals surface area contributed by atoms with Crippen LogP contribution < -0.4 is 5.32 Å². The van der Waals surface area contributed by atoms with E-state index < -0.39 is 4.92 Å². The monoisotopic (exact) mass is 232 g/mol. The summed E-state index contributed by atoms with van der Waals surface area (Å²) in [6.07, 6.45) is 4.84. The van der Waals surface area contributed by atoms with Crippen molar-refractivity contribution in [2.24, 2.45) is 0 Å². The maximum Gasteiger partial charge on any atom is 0.276 e. The fraction of sp³-hybridized carbons (Fsp3) is 0.250. The molecule has 1 aliphatic rings. The van der Waals surface area contributed by atoms with Crippen molar-refractivity contribution in [3.05, 3.63) is 46.0 Å². The van der Waals surface area contributed by atoms with E-state index in [-0.39, 0.29) is 17.6 Å². The van der Waals surface area contributed by atoms with Crippen LogP contribution >= 0.6 is 0 Å². The lowest BCUT2D eigenvalue weighted by atomic mass is 10.1. The second-order valence-electron chi connectivity index (χ2n) is 3.93. The Kier molecular flexibility index (Phi) is 3.18. The smallest absolute Gasteiger partial charge is 0.276 e. The Balaban J connectivity index is 2.08. The van der Waals surface area contributed by atoms with Gasteiger partial charge in [0.05, 0.1) is 10.5 Å². The highest BCUT2D eigenvalue weighted by atomic mass is 16.6. The second-order valence-corrected chi connectivity index (χ2v) is 3.93. The molecule has 1 fully saturated rings. The Morgan fingerprint density at radius 3 is 2.76 bits per heavy atom. The minimum atomic E-state index is -0.460. The molecule has 0 unspecified atom stereocenters. The minimum Gasteiger partial charge on any atom is -0.350 e. The number of nitrogens with zero attached hydrogens (tertiary/aromatic N) is 1. The Labute approximate surface area is 98.3 Å². The summed E-state index contributed by atoms with van der Waals surface area (Å²) in [5.74, 6) is -0.203. The Hall–Kier alpha value is -2.17. The number of nitro groups is 1. The molecule has 0 spiro atoms. The van der Waals surface area contributed by atoms with Gasteiger partial charge in [-0.1, -0.05) is 12.1 Å². The first-order valence-electron chi connectivity index (χ1n) is 5.39. The van der Waals surface area contributed by atoms with Gasteiger partial charge >= 0.3 is 0 Å². The van der Waals surface area contributed by atoms with E-state index >= 15 is 0 Å². The largest absolute Gasteiger partial charge is 0.350 e. The fourth-order valence-electron chi connectivity index (χ4n) is 1.44. The number of para-hydroxylation sites is 1. The minimum absolute atomic E-state index is 0.00275. The molecule has 0 aromatic heterocycles. The van der Waals surface area contributed by atoms with Crippen LogP contribution in [0.25, 0.3) is 6.08 Å². The van der Waals surface area contributed by atoms with Crippen LogP contribution in [0.15, 0.2) is 30.3 Å². The molecule has 1 aromatic rings. The van der Waals surface area contributed by atoms with E-state index in [2.05, 4.69) is 5.32 Å². The third kappa shape index (κ3) is 3.14. The number of rotatable bonds is 4. The molecule has 5 heteroatoms. The molecule has 0 radical (unpaired) electrons. The van der Waals surface area contributed by atoms with Crippen molar-refractivity contribution in [2.45, 2.75) is 18.9 Å². The number of amides is 1. The van der Waals surface area contributed by atoms with Crippen LogP contribution in [0.1, 0.15) is 18.4 Å². The van der Waals surface area contributed by atoms with Crippen LogP contribution in [0, 0.1) is 10.1 Å². The van der Waals surface area contributed by atoms with Gasteiger partial charge in [-0.3, -0.25) is 14.9 Å². The molecule has 0 saturated heterocycles. The van der Waals surface area contributed by atoms with Gasteiger partial charge in [0, 0.05) is 18.2 Å². The first-order chi connectivity index (χ1) is 8.16. The zero-order valence-electron chi connectivity index (χ0n) is 9.13. The summed E-state index contributed by atoms with van der Waals surface area (Å²) in [4.78, 5) is 21.6. The Morgan fingerprint density at radius 1 is 1.41 bits per heavy atom. The predicted octanol–water partition coefficient (Wildman–Crippen LogP) is 1.89. The van der Waals surface area contributed by atoms with Crippen molar-refractivity contribution in [3.63, 3.8) is 0 Å². The quantitative estimate of drug-likeness (QED) is 0.489. The first kappa shape index (κ1) is 11.3. The summed E-state index contributed by atoms with van der Waals surface area (Å²) >= 11 is 0. The number of carbonyl (C=O) groups excluding carboxylic acids is 1. The van der Waals surface area contributed by atoms with E-state index in [0.717, 1.165) is 12.8 Å². The normalized spacial score (nSPS) is 14.8. The topological polar surface area (TPSA) is 72.2 Å². The fourth-order valence-corrected chi connectivity index (χ4v) is 1.44. The maximum absolute atomic E-state index is 11.4. The van der Waals surface area contributed by atoms with Gasteiger partial charge in [-0.2, -0.15) is 0 Å². The molecule has 1 amide bonds. The standard InChI is InChI=1S/C12H12N2O3/c15-12(13-10-6-7-10)8-5-9-3-1-2-4-11(9)14(16)17/h1-5,8,10H,6-7H2,(H,13,15)/b8-5+. The molecule has 5 nitrogen and oxygen atoms in total. The van der Waals surface area contributed by atoms with E-state index in [1.807, 2.05) is 0 Å². The van der Waals surface area contributed by atoms with Crippen LogP contribution in [-0.2, 0) is 4.79 Å². The SMILES string of the molecule is O=C(/C=C/c1ccccc1[N+](=O)[O-])NC1CC1. The molecule has 1 saturated carbocycles. The molecular formula is C12H12N2O3. The second kappa shape index (κ2) is 4.78. The molecule has 88 valence electrons. The third-order valence-corrected chi connectivity index (χ3v) is 2.47. The summed E-state index contributed by atoms with van der Waals surface area (Å²) in [7, 11) is 0. The van der Waals surface area contributed by atoms with Crippen molar-refractivity contribution >= 4 is 17.7 Å². The third-order valence-electron chi connectivity index (χ3n) is 2.47. The van der Waals surface area contributed by atoms with Crippen molar-refractivity contribution in [2.75, 3.05) is 0 Å². The van der Waals surface area contributed by atoms with Gasteiger partial charge in [-0.25, -0.2) is 0 Å². The highest BCUT2D eigenvalue weighted by Gasteiger charge is 2.22. The average Bonchev–Trinajstić information content (AvgIpc) is 3.10. The van der Waals surface area contributed by atoms with E-state index in [9.17, 15) is 14.9 Å². The number of benzene rings is 1. The van der Waals surface area contributed by atoms with Crippen molar-refractivity contribution < 1.29 is 9.72 Å². The number of hydrogen-bond donors (Lipinski definition) is 1. The molecule has 2 rings (SSSR count). The molecule has 1 aromatic carbocycles. The van der Waals surface area contributed by atoms with Gasteiger partial charge in [0.25, 0.3) is 5.69 Å². The van der Waals surface area contributed by atoms with E-state index in [1.54, 1.807) is 18.2 Å². The lowest BCUT2D eigenvalue weighted by Crippen LogP contribution is -2.22. The molecule has 1 N–H and O–H groups in total. The summed E-state index contributed by atoms with van der Waals surface area (Å²) in [5.41, 5.74) is 0.436. The maximum atomic E-state index is 11.4. The van der Waals surface area contributed by atoms with E-state index in [0.29, 0.717) is 5.56 Å². The van der Waals surface area contributed by atoms with Gasteiger partial charge in [-0.15, -0.1) is 0 Å². The summed E-state index contributed by atoms with van der Waals surface area (Å²) in [6.45, 7) is 0. The van der Waals surface area contributed by atoms with Crippen LogP contribution in [-0.4, -0.2) is 16.9 Å². The molecule has 1 aliphatic carbocycles. The lowest BCUT2D eigenvalue weighted by molar-refractivity contribution is -0.385. The number of carbonyl (C=O) groups is 1. The molecular weight excluding hydrogens is 220 g/mol. The van der Waals surface area contributed by atoms with Crippen LogP contribution in [0.4, 0.5) is 5.69 Å². The number of nitrogens with one attached hydrogen (secondary N) is 1. The van der Waals surface area contributed by atoms with Crippen LogP contribution in [0.5, 0.6) is 0 Å². The van der Waals surface area contributed by atoms with Crippen molar-refractivity contribution in [3.8, 4) is 0 Å². The lowest BCUT2D eigenvalue weighted by Gasteiger charge is -1.98. The zero-order valence-corrected chi connectivity index (χ0v) is 9.13. The Bertz CT molecular complexity index is 478. The highest BCUT2D eigenvalue weighted by molar-refractivity contribution is 5.92. The predicted molar refractivity (Wildman–Crippen MR) is 63.3 cm³/mol. The first-order valence-corrected chi connectivity index (χ1v) is 5.39. The molecule has 0 aliphatic heterocycles. The van der Waals surface area contributed by atoms with Crippen molar-refractivity contribution in [1.82, 2.24) is 5.32 Å². The van der Waals surface area contributed by atoms with Crippen LogP contribution in [0.3, 0.4) is 0 Å². The summed E-state index contributed by atoms with van der Waals surface area (Å²) in [6, 6.07) is 6.61. The highest BCUT2D eigenvalue weighted by Crippen LogP contribution is 2.20. The number of nitro benzene ring substituents is 1. The molecule has 0 atom stereocenters. The summed E-state index contributed by atoms with van der Waals surface area (Å²) < 4.78 is 0. The Morgan fingerprint density at radius 2 is 2.12 bits per heavy atom. The van der Waals surface area contributed by atoms with Gasteiger partial charge in [-0.05, 0) is 25.0 Å². The van der Waals surface area contributed by atoms with Gasteiger partial charge in [0.15, 0.2) is 0 Å². The summed E-state index contributed by atoms with van der Waals surface area (Å²) in [5, 5.41) is 13.5. The number of hydrogen-bond acceptors (Lipinski definition) is 3. The molecule has 0 bridgehead atoms. The van der Waals surface area contributed by atoms with E-state index in [1.165, 1.54) is 18.2 Å². The van der Waals surface area contributed by atoms with Gasteiger partial charge < -0.3 is 5.32 Å². The van der Waals surface area contributed by atoms with Crippen LogP contribution in [0.2, 0.25) is 0 Å². The van der Waals surface area contributed by atoms with Gasteiger partial charge in [0.2, 0.25) is 5.91 Å². The molecule has 17 heavy (non-hydrogen) atoms. The zero-order chi connectivity index (χ0) is 12.3. The van der Waals surface area contributed by atoms with Gasteiger partial charge in [0.1, 0.15) is 0 Å². The average molecular weight is 232 g/mol. The molecule has 0 heterocycles.